The SMILES string of the molecule is COCCNC(=O)C1CN(CCOc2ccc(Cl)cc2)Cc2ccnn21.O=C(O)C(F)(F)F. The van der Waals surface area contributed by atoms with Gasteiger partial charge in [-0.3, -0.25) is 14.4 Å². The van der Waals surface area contributed by atoms with Gasteiger partial charge >= 0.3 is 12.1 Å². The number of hydrogen-bond donors (Lipinski definition) is 2. The van der Waals surface area contributed by atoms with Crippen LogP contribution in [0.3, 0.4) is 0 Å². The van der Waals surface area contributed by atoms with Crippen molar-refractivity contribution >= 4 is 23.5 Å². The van der Waals surface area contributed by atoms with Crippen LogP contribution in [-0.2, 0) is 20.9 Å². The van der Waals surface area contributed by atoms with Gasteiger partial charge in [-0.15, -0.1) is 0 Å². The van der Waals surface area contributed by atoms with Crippen molar-refractivity contribution in [2.75, 3.05) is 40.0 Å². The second-order valence-electron chi connectivity index (χ2n) is 6.91. The fourth-order valence-corrected chi connectivity index (χ4v) is 3.07. The van der Waals surface area contributed by atoms with Crippen LogP contribution in [0, 0.1) is 0 Å². The zero-order valence-electron chi connectivity index (χ0n) is 17.7. The number of aliphatic carboxylic acids is 1. The van der Waals surface area contributed by atoms with Crippen LogP contribution in [0.2, 0.25) is 5.02 Å². The number of carbonyl (C=O) groups is 2. The Balaban J connectivity index is 0.000000479. The van der Waals surface area contributed by atoms with Crippen molar-refractivity contribution in [3.63, 3.8) is 0 Å². The molecule has 182 valence electrons. The molecule has 0 saturated carbocycles. The normalized spacial score (nSPS) is 15.7. The van der Waals surface area contributed by atoms with E-state index in [2.05, 4.69) is 15.3 Å². The van der Waals surface area contributed by atoms with E-state index < -0.39 is 12.1 Å². The largest absolute Gasteiger partial charge is 0.492 e. The minimum atomic E-state index is -5.08. The van der Waals surface area contributed by atoms with Gasteiger partial charge in [0.05, 0.1) is 12.3 Å². The summed E-state index contributed by atoms with van der Waals surface area (Å²) in [6.45, 7) is 3.57. The molecule has 1 aromatic heterocycles. The fraction of sp³-hybridized carbons (Fsp3) is 0.450. The summed E-state index contributed by atoms with van der Waals surface area (Å²) in [5.74, 6) is -2.02. The fourth-order valence-electron chi connectivity index (χ4n) is 2.94. The van der Waals surface area contributed by atoms with E-state index in [1.165, 1.54) is 0 Å². The number of hydrogen-bond acceptors (Lipinski definition) is 6. The van der Waals surface area contributed by atoms with Crippen molar-refractivity contribution in [1.29, 1.82) is 0 Å². The standard InChI is InChI=1S/C18H23ClN4O3.C2HF3O2/c1-25-10-8-20-18(24)17-13-22(12-15-6-7-21-23(15)17)9-11-26-16-4-2-14(19)3-5-16;3-2(4,5)1(6)7/h2-7,17H,8-13H2,1H3,(H,20,24);(H,6,7). The van der Waals surface area contributed by atoms with E-state index in [0.717, 1.165) is 24.5 Å². The zero-order valence-corrected chi connectivity index (χ0v) is 18.5. The summed E-state index contributed by atoms with van der Waals surface area (Å²) in [5.41, 5.74) is 1.02. The predicted octanol–water partition coefficient (Wildman–Crippen LogP) is 2.37. The Morgan fingerprint density at radius 3 is 2.52 bits per heavy atom. The maximum absolute atomic E-state index is 12.5. The third kappa shape index (κ3) is 8.56. The van der Waals surface area contributed by atoms with Gasteiger partial charge in [0.25, 0.3) is 0 Å². The van der Waals surface area contributed by atoms with E-state index in [1.807, 2.05) is 18.2 Å². The van der Waals surface area contributed by atoms with E-state index in [4.69, 9.17) is 31.0 Å². The first-order valence-corrected chi connectivity index (χ1v) is 10.2. The van der Waals surface area contributed by atoms with E-state index in [0.29, 0.717) is 31.3 Å². The molecule has 1 aliphatic heterocycles. The highest BCUT2D eigenvalue weighted by atomic mass is 35.5. The number of methoxy groups -OCH3 is 1. The molecule has 1 amide bonds. The minimum Gasteiger partial charge on any atom is -0.492 e. The molecule has 0 bridgehead atoms. The minimum absolute atomic E-state index is 0.0460. The Morgan fingerprint density at radius 2 is 1.91 bits per heavy atom. The number of nitrogens with one attached hydrogen (secondary N) is 1. The van der Waals surface area contributed by atoms with E-state index >= 15 is 0 Å². The monoisotopic (exact) mass is 492 g/mol. The lowest BCUT2D eigenvalue weighted by atomic mass is 10.1. The number of carboxylic acid groups (broad SMARTS) is 1. The van der Waals surface area contributed by atoms with Crippen LogP contribution in [0.15, 0.2) is 36.5 Å². The summed E-state index contributed by atoms with van der Waals surface area (Å²) >= 11 is 5.88. The molecule has 13 heteroatoms. The smallest absolute Gasteiger partial charge is 0.490 e. The predicted molar refractivity (Wildman–Crippen MR) is 112 cm³/mol. The maximum atomic E-state index is 12.5. The number of fused-ring (bicyclic) bond motifs is 1. The molecule has 0 fully saturated rings. The summed E-state index contributed by atoms with van der Waals surface area (Å²) < 4.78 is 44.3. The van der Waals surface area contributed by atoms with E-state index in [-0.39, 0.29) is 11.9 Å². The lowest BCUT2D eigenvalue weighted by Crippen LogP contribution is -2.46. The molecule has 2 heterocycles. The molecule has 1 aromatic carbocycles. The third-order valence-corrected chi connectivity index (χ3v) is 4.76. The van der Waals surface area contributed by atoms with Gasteiger partial charge in [-0.2, -0.15) is 18.3 Å². The van der Waals surface area contributed by atoms with Gasteiger partial charge < -0.3 is 19.9 Å². The van der Waals surface area contributed by atoms with Gasteiger partial charge in [0, 0.05) is 44.5 Å². The van der Waals surface area contributed by atoms with Gasteiger partial charge in [-0.25, -0.2) is 4.79 Å². The van der Waals surface area contributed by atoms with Crippen LogP contribution in [0.4, 0.5) is 13.2 Å². The van der Waals surface area contributed by atoms with Crippen molar-refractivity contribution in [3.8, 4) is 5.75 Å². The molecule has 33 heavy (non-hydrogen) atoms. The molecule has 0 spiro atoms. The average Bonchev–Trinajstić information content (AvgIpc) is 3.23. The molecular formula is C20H24ClF3N4O5. The quantitative estimate of drug-likeness (QED) is 0.545. The first-order valence-electron chi connectivity index (χ1n) is 9.81. The van der Waals surface area contributed by atoms with Crippen LogP contribution in [0.1, 0.15) is 11.7 Å². The van der Waals surface area contributed by atoms with Gasteiger partial charge in [0.1, 0.15) is 18.4 Å². The molecule has 1 atom stereocenters. The lowest BCUT2D eigenvalue weighted by Gasteiger charge is -2.33. The number of alkyl halides is 3. The highest BCUT2D eigenvalue weighted by Crippen LogP contribution is 2.21. The number of carbonyl (C=O) groups excluding carboxylic acids is 1. The average molecular weight is 493 g/mol. The number of halogens is 4. The topological polar surface area (TPSA) is 106 Å². The molecule has 0 radical (unpaired) electrons. The van der Waals surface area contributed by atoms with E-state index in [9.17, 15) is 18.0 Å². The first kappa shape index (κ1) is 26.4. The highest BCUT2D eigenvalue weighted by Gasteiger charge is 2.38. The van der Waals surface area contributed by atoms with Gasteiger partial charge in [0.15, 0.2) is 0 Å². The molecular weight excluding hydrogens is 469 g/mol. The summed E-state index contributed by atoms with van der Waals surface area (Å²) in [6.07, 6.45) is -3.35. The molecule has 2 N–H and O–H groups in total. The molecule has 0 saturated heterocycles. The number of ether oxygens (including phenoxy) is 2. The third-order valence-electron chi connectivity index (χ3n) is 4.50. The second kappa shape index (κ2) is 12.4. The van der Waals surface area contributed by atoms with Crippen LogP contribution in [0.5, 0.6) is 5.75 Å². The van der Waals surface area contributed by atoms with E-state index in [1.54, 1.807) is 30.1 Å². The number of aromatic nitrogens is 2. The number of rotatable bonds is 8. The molecule has 9 nitrogen and oxygen atoms in total. The molecule has 3 rings (SSSR count). The van der Waals surface area contributed by atoms with Crippen LogP contribution in [-0.4, -0.2) is 77.8 Å². The van der Waals surface area contributed by atoms with Crippen molar-refractivity contribution < 1.29 is 37.3 Å². The zero-order chi connectivity index (χ0) is 24.4. The highest BCUT2D eigenvalue weighted by molar-refractivity contribution is 6.30. The number of carboxylic acids is 1. The molecule has 1 unspecified atom stereocenters. The molecule has 1 aliphatic rings. The Bertz CT molecular complexity index is 908. The summed E-state index contributed by atoms with van der Waals surface area (Å²) in [4.78, 5) is 23.6. The Kier molecular flexibility index (Phi) is 9.95. The Labute approximate surface area is 193 Å². The number of amides is 1. The number of benzene rings is 1. The van der Waals surface area contributed by atoms with Gasteiger partial charge in [-0.05, 0) is 30.3 Å². The Morgan fingerprint density at radius 1 is 1.24 bits per heavy atom. The molecule has 0 aliphatic carbocycles. The van der Waals surface area contributed by atoms with Gasteiger partial charge in [0.2, 0.25) is 5.91 Å². The van der Waals surface area contributed by atoms with Crippen LogP contribution in [0.25, 0.3) is 0 Å². The molecule has 2 aromatic rings. The van der Waals surface area contributed by atoms with Crippen molar-refractivity contribution in [2.24, 2.45) is 0 Å². The van der Waals surface area contributed by atoms with Crippen molar-refractivity contribution in [1.82, 2.24) is 20.0 Å². The van der Waals surface area contributed by atoms with Crippen molar-refractivity contribution in [2.45, 2.75) is 18.8 Å². The summed E-state index contributed by atoms with van der Waals surface area (Å²) in [5, 5.41) is 15.0. The Hall–Kier alpha value is -2.83. The number of nitrogens with zero attached hydrogens (tertiary/aromatic N) is 3. The van der Waals surface area contributed by atoms with Crippen LogP contribution < -0.4 is 10.1 Å². The summed E-state index contributed by atoms with van der Waals surface area (Å²) in [6, 6.07) is 8.90. The van der Waals surface area contributed by atoms with Gasteiger partial charge in [-0.1, -0.05) is 11.6 Å². The lowest BCUT2D eigenvalue weighted by molar-refractivity contribution is -0.192. The summed E-state index contributed by atoms with van der Waals surface area (Å²) in [7, 11) is 1.61. The maximum Gasteiger partial charge on any atom is 0.490 e. The second-order valence-corrected chi connectivity index (χ2v) is 7.34. The first-order chi connectivity index (χ1) is 15.6. The van der Waals surface area contributed by atoms with Crippen molar-refractivity contribution in [3.05, 3.63) is 47.2 Å². The van der Waals surface area contributed by atoms with Crippen LogP contribution >= 0.6 is 11.6 Å².